The number of carbonyl (C=O) groups is 1. The number of ketones is 1. The first-order valence-electron chi connectivity index (χ1n) is 6.60. The van der Waals surface area contributed by atoms with Gasteiger partial charge in [-0.25, -0.2) is 0 Å². The molecule has 4 heteroatoms. The highest BCUT2D eigenvalue weighted by Gasteiger charge is 2.46. The molecule has 19 heavy (non-hydrogen) atoms. The van der Waals surface area contributed by atoms with Crippen LogP contribution >= 0.6 is 0 Å². The van der Waals surface area contributed by atoms with Gasteiger partial charge < -0.3 is 15.3 Å². The van der Waals surface area contributed by atoms with Crippen LogP contribution in [-0.4, -0.2) is 38.9 Å². The van der Waals surface area contributed by atoms with Gasteiger partial charge in [-0.1, -0.05) is 18.2 Å². The maximum absolute atomic E-state index is 11.7. The van der Waals surface area contributed by atoms with Crippen molar-refractivity contribution in [2.24, 2.45) is 5.92 Å². The lowest BCUT2D eigenvalue weighted by Gasteiger charge is -2.41. The molecule has 108 valence electrons. The second-order valence-electron chi connectivity index (χ2n) is 5.87. The zero-order chi connectivity index (χ0) is 14.8. The van der Waals surface area contributed by atoms with Crippen LogP contribution in [0, 0.1) is 5.92 Å². The molecule has 0 spiro atoms. The van der Waals surface area contributed by atoms with Crippen molar-refractivity contribution in [1.29, 1.82) is 0 Å². The van der Waals surface area contributed by atoms with E-state index in [-0.39, 0.29) is 17.8 Å². The Morgan fingerprint density at radius 2 is 2.05 bits per heavy atom. The van der Waals surface area contributed by atoms with Crippen LogP contribution in [0.2, 0.25) is 0 Å². The van der Waals surface area contributed by atoms with Crippen LogP contribution in [0.15, 0.2) is 23.8 Å². The molecule has 3 N–H and O–H groups in total. The minimum absolute atomic E-state index is 0.0267. The Balaban J connectivity index is 2.79. The Kier molecular flexibility index (Phi) is 5.07. The molecule has 0 aliphatic heterocycles. The number of hydrogen-bond acceptors (Lipinski definition) is 4. The third-order valence-electron chi connectivity index (χ3n) is 3.86. The Hall–Kier alpha value is -0.970. The molecule has 1 rings (SSSR count). The molecule has 0 aromatic rings. The predicted octanol–water partition coefficient (Wildman–Crippen LogP) is 1.35. The fraction of sp³-hybridized carbons (Fsp3) is 0.667. The molecule has 1 aliphatic rings. The molecule has 1 fully saturated rings. The maximum Gasteiger partial charge on any atom is 0.161 e. The number of Topliss-reactive ketones (excluding diaryl/α,β-unsaturated/α-hetero) is 1. The van der Waals surface area contributed by atoms with Crippen molar-refractivity contribution in [1.82, 2.24) is 0 Å². The lowest BCUT2D eigenvalue weighted by atomic mass is 9.71. The second kappa shape index (κ2) is 5.99. The highest BCUT2D eigenvalue weighted by Crippen LogP contribution is 2.36. The van der Waals surface area contributed by atoms with Gasteiger partial charge in [-0.3, -0.25) is 4.79 Å². The molecule has 0 aromatic heterocycles. The van der Waals surface area contributed by atoms with Gasteiger partial charge in [0.2, 0.25) is 0 Å². The second-order valence-corrected chi connectivity index (χ2v) is 5.87. The van der Waals surface area contributed by atoms with Crippen molar-refractivity contribution in [3.8, 4) is 0 Å². The maximum atomic E-state index is 11.7. The predicted molar refractivity (Wildman–Crippen MR) is 73.6 cm³/mol. The van der Waals surface area contributed by atoms with Gasteiger partial charge in [0, 0.05) is 17.9 Å². The standard InChI is InChI=1S/C15H24O4/c1-9(2)6-5-7-15(4,19)11-8-12(16)10(3)13(17)14(11)18/h6,11,13-14,17-19H,3,5,7-8H2,1-2,4H3/t11-,13+,14+,15-/m1/s1. The molecule has 4 nitrogen and oxygen atoms in total. The first kappa shape index (κ1) is 16.1. The van der Waals surface area contributed by atoms with Crippen LogP contribution in [0.4, 0.5) is 0 Å². The van der Waals surface area contributed by atoms with Crippen LogP contribution < -0.4 is 0 Å². The molecule has 1 aliphatic carbocycles. The molecule has 0 amide bonds. The molecular weight excluding hydrogens is 244 g/mol. The van der Waals surface area contributed by atoms with E-state index < -0.39 is 23.7 Å². The molecule has 4 atom stereocenters. The van der Waals surface area contributed by atoms with E-state index in [0.717, 1.165) is 5.57 Å². The zero-order valence-corrected chi connectivity index (χ0v) is 11.9. The largest absolute Gasteiger partial charge is 0.390 e. The number of hydrogen-bond donors (Lipinski definition) is 3. The Morgan fingerprint density at radius 1 is 1.47 bits per heavy atom. The summed E-state index contributed by atoms with van der Waals surface area (Å²) in [4.78, 5) is 11.7. The van der Waals surface area contributed by atoms with Crippen molar-refractivity contribution in [2.75, 3.05) is 0 Å². The molecule has 0 unspecified atom stereocenters. The fourth-order valence-corrected chi connectivity index (χ4v) is 2.47. The third-order valence-corrected chi connectivity index (χ3v) is 3.86. The van der Waals surface area contributed by atoms with Crippen molar-refractivity contribution < 1.29 is 20.1 Å². The first-order valence-corrected chi connectivity index (χ1v) is 6.60. The molecule has 0 heterocycles. The van der Waals surface area contributed by atoms with E-state index in [4.69, 9.17) is 0 Å². The number of aliphatic hydroxyl groups excluding tert-OH is 2. The van der Waals surface area contributed by atoms with E-state index in [0.29, 0.717) is 12.8 Å². The normalized spacial score (nSPS) is 30.9. The Morgan fingerprint density at radius 3 is 2.58 bits per heavy atom. The lowest BCUT2D eigenvalue weighted by molar-refractivity contribution is -0.139. The highest BCUT2D eigenvalue weighted by atomic mass is 16.3. The number of aliphatic hydroxyl groups is 3. The summed E-state index contributed by atoms with van der Waals surface area (Å²) in [6, 6.07) is 0. The minimum Gasteiger partial charge on any atom is -0.390 e. The van der Waals surface area contributed by atoms with Crippen LogP contribution in [-0.2, 0) is 4.79 Å². The van der Waals surface area contributed by atoms with E-state index >= 15 is 0 Å². The molecule has 0 saturated heterocycles. The minimum atomic E-state index is -1.28. The summed E-state index contributed by atoms with van der Waals surface area (Å²) in [7, 11) is 0. The van der Waals surface area contributed by atoms with Gasteiger partial charge in [-0.15, -0.1) is 0 Å². The Labute approximate surface area is 114 Å². The summed E-state index contributed by atoms with van der Waals surface area (Å²) < 4.78 is 0. The fourth-order valence-electron chi connectivity index (χ4n) is 2.47. The van der Waals surface area contributed by atoms with Crippen molar-refractivity contribution in [3.05, 3.63) is 23.8 Å². The monoisotopic (exact) mass is 268 g/mol. The third kappa shape index (κ3) is 3.75. The van der Waals surface area contributed by atoms with E-state index in [2.05, 4.69) is 6.58 Å². The lowest BCUT2D eigenvalue weighted by Crippen LogP contribution is -2.52. The molecule has 0 aromatic carbocycles. The molecular formula is C15H24O4. The molecule has 0 bridgehead atoms. The van der Waals surface area contributed by atoms with E-state index in [1.54, 1.807) is 6.92 Å². The number of allylic oxidation sites excluding steroid dienone is 2. The quantitative estimate of drug-likeness (QED) is 0.531. The van der Waals surface area contributed by atoms with Crippen LogP contribution in [0.5, 0.6) is 0 Å². The summed E-state index contributed by atoms with van der Waals surface area (Å²) in [5.74, 6) is -0.948. The summed E-state index contributed by atoms with van der Waals surface area (Å²) in [6.07, 6.45) is 0.712. The average Bonchev–Trinajstić information content (AvgIpc) is 2.30. The van der Waals surface area contributed by atoms with Crippen molar-refractivity contribution >= 4 is 5.78 Å². The SMILES string of the molecule is C=C1C(=O)C[C@@H]([C@](C)(O)CCC=C(C)C)[C@H](O)[C@H]1O. The highest BCUT2D eigenvalue weighted by molar-refractivity contribution is 5.97. The molecule has 0 radical (unpaired) electrons. The van der Waals surface area contributed by atoms with Gasteiger partial charge in [-0.2, -0.15) is 0 Å². The smallest absolute Gasteiger partial charge is 0.161 e. The van der Waals surface area contributed by atoms with E-state index in [1.807, 2.05) is 19.9 Å². The van der Waals surface area contributed by atoms with Gasteiger partial charge >= 0.3 is 0 Å². The number of rotatable bonds is 4. The zero-order valence-electron chi connectivity index (χ0n) is 11.9. The average molecular weight is 268 g/mol. The first-order chi connectivity index (χ1) is 8.66. The van der Waals surface area contributed by atoms with Crippen LogP contribution in [0.1, 0.15) is 40.0 Å². The van der Waals surface area contributed by atoms with Gasteiger partial charge in [0.15, 0.2) is 5.78 Å². The van der Waals surface area contributed by atoms with Gasteiger partial charge in [0.1, 0.15) is 6.10 Å². The Bertz CT molecular complexity index is 391. The van der Waals surface area contributed by atoms with Gasteiger partial charge in [0.25, 0.3) is 0 Å². The van der Waals surface area contributed by atoms with Crippen molar-refractivity contribution in [2.45, 2.75) is 57.8 Å². The molecule has 1 saturated carbocycles. The van der Waals surface area contributed by atoms with Crippen LogP contribution in [0.25, 0.3) is 0 Å². The van der Waals surface area contributed by atoms with Gasteiger partial charge in [0.05, 0.1) is 11.7 Å². The van der Waals surface area contributed by atoms with Crippen molar-refractivity contribution in [3.63, 3.8) is 0 Å². The van der Waals surface area contributed by atoms with Crippen LogP contribution in [0.3, 0.4) is 0 Å². The van der Waals surface area contributed by atoms with E-state index in [1.165, 1.54) is 0 Å². The summed E-state index contributed by atoms with van der Waals surface area (Å²) in [5, 5.41) is 30.3. The number of carbonyl (C=O) groups excluding carboxylic acids is 1. The summed E-state index contributed by atoms with van der Waals surface area (Å²) in [6.45, 7) is 9.03. The summed E-state index contributed by atoms with van der Waals surface area (Å²) >= 11 is 0. The van der Waals surface area contributed by atoms with E-state index in [9.17, 15) is 20.1 Å². The topological polar surface area (TPSA) is 77.8 Å². The van der Waals surface area contributed by atoms with Gasteiger partial charge in [-0.05, 0) is 33.6 Å². The summed E-state index contributed by atoms with van der Waals surface area (Å²) in [5.41, 5.74) is -0.00349.